The molecule has 6 aromatic heterocycles. The van der Waals surface area contributed by atoms with Crippen molar-refractivity contribution in [1.29, 1.82) is 5.26 Å². The molecule has 0 saturated carbocycles. The van der Waals surface area contributed by atoms with Gasteiger partial charge < -0.3 is 9.13 Å². The molecule has 6 heterocycles. The van der Waals surface area contributed by atoms with E-state index < -0.39 is 143 Å². The van der Waals surface area contributed by atoms with Crippen molar-refractivity contribution in [3.63, 3.8) is 0 Å². The fourth-order valence-corrected chi connectivity index (χ4v) is 11.8. The molecule has 0 amide bonds. The highest BCUT2D eigenvalue weighted by atomic mass is 32.1. The molecule has 0 unspecified atom stereocenters. The molecule has 9 heteroatoms. The zero-order valence-electron chi connectivity index (χ0n) is 55.4. The molecule has 16 rings (SSSR count). The Labute approximate surface area is 445 Å². The van der Waals surface area contributed by atoms with Crippen molar-refractivity contribution in [2.45, 2.75) is 0 Å². The highest BCUT2D eigenvalue weighted by Gasteiger charge is 2.28. The summed E-state index contributed by atoms with van der Waals surface area (Å²) < 4.78 is 178. The summed E-state index contributed by atoms with van der Waals surface area (Å²) in [7, 11) is 0. The summed E-state index contributed by atoms with van der Waals surface area (Å²) in [6, 6.07) is 22.2. The predicted molar refractivity (Wildman–Crippen MR) is 300 cm³/mol. The van der Waals surface area contributed by atoms with Gasteiger partial charge in [0.2, 0.25) is 11.9 Å². The Morgan fingerprint density at radius 1 is 0.397 bits per heavy atom. The Balaban J connectivity index is 1.22. The third-order valence-electron chi connectivity index (χ3n) is 13.6. The molecule has 10 aromatic carbocycles. The van der Waals surface area contributed by atoms with Gasteiger partial charge in [-0.05, 0) is 78.7 Å². The van der Waals surface area contributed by atoms with Crippen molar-refractivity contribution in [2.24, 2.45) is 0 Å². The van der Waals surface area contributed by atoms with E-state index in [0.717, 1.165) is 23.9 Å². The first-order chi connectivity index (χ1) is 43.7. The molecule has 0 radical (unpaired) electrons. The van der Waals surface area contributed by atoms with Crippen LogP contribution in [0.4, 0.5) is 0 Å². The van der Waals surface area contributed by atoms with Crippen molar-refractivity contribution in [2.75, 3.05) is 0 Å². The van der Waals surface area contributed by atoms with Crippen molar-refractivity contribution in [3.05, 3.63) is 224 Å². The van der Waals surface area contributed by atoms with Crippen molar-refractivity contribution in [1.82, 2.24) is 33.2 Å². The van der Waals surface area contributed by atoms with Crippen LogP contribution in [0.1, 0.15) is 30.2 Å². The quantitative estimate of drug-likeness (QED) is 0.172. The van der Waals surface area contributed by atoms with Gasteiger partial charge in [0.1, 0.15) is 0 Å². The first kappa shape index (κ1) is 26.4. The third-order valence-corrected chi connectivity index (χ3v) is 14.7. The molecule has 16 aromatic rings. The SMILES string of the molecule is [2H]c1c([2H])c(-n2c3c([2H])c([2H])c([2H])c([2H])c3c3c([2H])c(C#N)c([2H])c([2H])c32)c(-c2nc(-n3c4ccccc4c4ccccc43)nc(-n3c4c([2H])c([2H])c([2H])c([2H])c4c4c([2H])c([2H])c([2H])c([2H])c43)n2)c(-n2c3ccccc3c3ccc4sc5ccccc5c4c32)c1[2H]. The van der Waals surface area contributed by atoms with Gasteiger partial charge in [-0.2, -0.15) is 20.2 Å². The topological polar surface area (TPSA) is 82.2 Å². The number of hydrogen-bond donors (Lipinski definition) is 0. The number of rotatable bonds is 5. The number of nitrogens with zero attached hydrogens (tertiary/aromatic N) is 8. The summed E-state index contributed by atoms with van der Waals surface area (Å²) in [6.45, 7) is 0. The third kappa shape index (κ3) is 5.55. The number of thiophene rings is 1. The van der Waals surface area contributed by atoms with Crippen molar-refractivity contribution in [3.8, 4) is 40.7 Å². The molecule has 0 bridgehead atoms. The molecule has 0 aliphatic carbocycles. The molecular weight excluding hydrogens is 913 g/mol. The minimum absolute atomic E-state index is 0.227. The van der Waals surface area contributed by atoms with Crippen LogP contribution < -0.4 is 0 Å². The summed E-state index contributed by atoms with van der Waals surface area (Å²) in [5, 5.41) is 13.4. The van der Waals surface area contributed by atoms with Gasteiger partial charge >= 0.3 is 0 Å². The largest absolute Gasteiger partial charge is 0.308 e. The Morgan fingerprint density at radius 2 is 0.904 bits per heavy atom. The lowest BCUT2D eigenvalue weighted by Gasteiger charge is -2.20. The molecule has 0 saturated heterocycles. The lowest BCUT2D eigenvalue weighted by atomic mass is 10.1. The fraction of sp³-hybridized carbons (Fsp3) is 0. The highest BCUT2D eigenvalue weighted by Crippen LogP contribution is 2.46. The normalized spacial score (nSPS) is 15.5. The molecule has 0 atom stereocenters. The van der Waals surface area contributed by atoms with Gasteiger partial charge in [0, 0.05) is 63.3 Å². The first-order valence-electron chi connectivity index (χ1n) is 31.9. The lowest BCUT2D eigenvalue weighted by molar-refractivity contribution is 0.891. The van der Waals surface area contributed by atoms with E-state index in [9.17, 15) is 23.1 Å². The monoisotopic (exact) mass is 966 g/mol. The molecule has 0 spiro atoms. The van der Waals surface area contributed by atoms with Gasteiger partial charge in [-0.3, -0.25) is 9.13 Å². The summed E-state index contributed by atoms with van der Waals surface area (Å²) in [5.74, 6) is -1.30. The van der Waals surface area contributed by atoms with Crippen LogP contribution in [0.25, 0.3) is 142 Å². The Bertz CT molecular complexity index is 6040. The highest BCUT2D eigenvalue weighted by molar-refractivity contribution is 7.26. The van der Waals surface area contributed by atoms with E-state index in [0.29, 0.717) is 49.0 Å². The summed E-state index contributed by atoms with van der Waals surface area (Å²) in [5.41, 5.74) is -1.46. The smallest absolute Gasteiger partial charge is 0.240 e. The molecular formula is C64H36N8S. The maximum absolute atomic E-state index is 10.5. The molecule has 73 heavy (non-hydrogen) atoms. The minimum Gasteiger partial charge on any atom is -0.308 e. The molecule has 8 nitrogen and oxygen atoms in total. The van der Waals surface area contributed by atoms with Gasteiger partial charge in [0.25, 0.3) is 0 Å². The minimum atomic E-state index is -0.816. The van der Waals surface area contributed by atoms with Crippen molar-refractivity contribution >= 4 is 119 Å². The van der Waals surface area contributed by atoms with E-state index >= 15 is 0 Å². The second-order valence-corrected chi connectivity index (χ2v) is 18.4. The predicted octanol–water partition coefficient (Wildman–Crippen LogP) is 16.2. The zero-order valence-corrected chi connectivity index (χ0v) is 38.2. The number of hydrogen-bond acceptors (Lipinski definition) is 5. The van der Waals surface area contributed by atoms with Crippen molar-refractivity contribution < 1.29 is 24.7 Å². The summed E-state index contributed by atoms with van der Waals surface area (Å²) in [4.78, 5) is 15.8. The van der Waals surface area contributed by atoms with Gasteiger partial charge in [-0.15, -0.1) is 11.3 Å². The van der Waals surface area contributed by atoms with E-state index in [1.54, 1.807) is 45.5 Å². The summed E-state index contributed by atoms with van der Waals surface area (Å²) >= 11 is 1.50. The standard InChI is InChI=1S/C64H36N8S/c65-37-38-32-34-54-47(36-38)44-21-6-8-23-48(44)69(54)55-29-15-30-56(70-49-24-9-5-20-43(49)45-33-35-58-59(61(45)70)46-22-7-14-31-57(46)73-58)60(55)62-66-63(71-50-25-10-1-16-39(50)40-17-2-11-26-51(40)71)68-64(67-62)72-52-27-12-3-18-41(52)42-19-4-13-28-53(42)72/h1-36H/i1D,2D,6D,8D,10D,11D,15D,16D,17D,21D,23D,25D,26D,29D,30D,32D,34D,36D. The van der Waals surface area contributed by atoms with E-state index in [2.05, 4.69) is 0 Å². The van der Waals surface area contributed by atoms with Gasteiger partial charge in [0.15, 0.2) is 5.82 Å². The van der Waals surface area contributed by atoms with Crippen LogP contribution in [0.5, 0.6) is 0 Å². The Hall–Kier alpha value is -9.88. The van der Waals surface area contributed by atoms with E-state index in [1.165, 1.54) is 11.3 Å². The first-order valence-corrected chi connectivity index (χ1v) is 23.7. The molecule has 0 fully saturated rings. The van der Waals surface area contributed by atoms with Crippen LogP contribution in [0.3, 0.4) is 0 Å². The molecule has 0 N–H and O–H groups in total. The van der Waals surface area contributed by atoms with Crippen LogP contribution in [0.2, 0.25) is 0 Å². The van der Waals surface area contributed by atoms with Crippen LogP contribution in [0, 0.1) is 11.3 Å². The maximum atomic E-state index is 10.5. The average Bonchev–Trinajstić information content (AvgIpc) is 1.65. The second-order valence-electron chi connectivity index (χ2n) is 17.3. The summed E-state index contributed by atoms with van der Waals surface area (Å²) in [6.07, 6.45) is 0. The van der Waals surface area contributed by atoms with Gasteiger partial charge in [-0.1, -0.05) is 139 Å². The zero-order chi connectivity index (χ0) is 63.6. The molecule has 338 valence electrons. The Morgan fingerprint density at radius 3 is 1.55 bits per heavy atom. The van der Waals surface area contributed by atoms with Crippen LogP contribution in [0.15, 0.2) is 218 Å². The lowest BCUT2D eigenvalue weighted by Crippen LogP contribution is -2.12. The number of benzene rings is 10. The van der Waals surface area contributed by atoms with Crippen LogP contribution in [-0.2, 0) is 0 Å². The number of fused-ring (bicyclic) bond motifs is 16. The number of nitriles is 1. The number of para-hydroxylation sites is 6. The Kier molecular flexibility index (Phi) is 5.44. The average molecular weight is 967 g/mol. The van der Waals surface area contributed by atoms with Crippen LogP contribution in [-0.4, -0.2) is 33.2 Å². The molecule has 0 aliphatic heterocycles. The van der Waals surface area contributed by atoms with E-state index in [-0.39, 0.29) is 49.8 Å². The second kappa shape index (κ2) is 15.1. The fourth-order valence-electron chi connectivity index (χ4n) is 10.6. The van der Waals surface area contributed by atoms with Crippen LogP contribution >= 0.6 is 11.3 Å². The number of aromatic nitrogens is 7. The van der Waals surface area contributed by atoms with Gasteiger partial charge in [-0.25, -0.2) is 0 Å². The van der Waals surface area contributed by atoms with Gasteiger partial charge in [0.05, 0.1) is 97.4 Å². The molecule has 0 aliphatic rings. The maximum Gasteiger partial charge on any atom is 0.240 e. The van der Waals surface area contributed by atoms with E-state index in [1.807, 2.05) is 78.9 Å². The van der Waals surface area contributed by atoms with E-state index in [4.69, 9.17) is 21.8 Å².